The van der Waals surface area contributed by atoms with Gasteiger partial charge in [-0.1, -0.05) is 26.7 Å². The van der Waals surface area contributed by atoms with Gasteiger partial charge in [0, 0.05) is 12.5 Å². The van der Waals surface area contributed by atoms with Crippen molar-refractivity contribution in [2.45, 2.75) is 32.7 Å². The highest BCUT2D eigenvalue weighted by Gasteiger charge is 2.29. The summed E-state index contributed by atoms with van der Waals surface area (Å²) >= 11 is 4.23. The zero-order valence-electron chi connectivity index (χ0n) is 7.08. The predicted molar refractivity (Wildman–Crippen MR) is 48.6 cm³/mol. The SMILES string of the molecule is CC(C)C(=O)C1CCCN1S. The Morgan fingerprint density at radius 2 is 2.27 bits per heavy atom. The molecule has 1 saturated heterocycles. The summed E-state index contributed by atoms with van der Waals surface area (Å²) in [7, 11) is 0. The number of carbonyl (C=O) groups excluding carboxylic acids is 1. The van der Waals surface area contributed by atoms with Gasteiger partial charge in [0.2, 0.25) is 0 Å². The van der Waals surface area contributed by atoms with Crippen LogP contribution in [-0.4, -0.2) is 22.7 Å². The zero-order valence-corrected chi connectivity index (χ0v) is 7.97. The van der Waals surface area contributed by atoms with E-state index in [4.69, 9.17) is 0 Å². The molecule has 0 aromatic carbocycles. The van der Waals surface area contributed by atoms with Crippen LogP contribution in [-0.2, 0) is 4.79 Å². The van der Waals surface area contributed by atoms with Crippen LogP contribution in [0.1, 0.15) is 26.7 Å². The van der Waals surface area contributed by atoms with Gasteiger partial charge in [-0.3, -0.25) is 4.79 Å². The first kappa shape index (κ1) is 9.07. The van der Waals surface area contributed by atoms with E-state index >= 15 is 0 Å². The van der Waals surface area contributed by atoms with Crippen LogP contribution in [0.5, 0.6) is 0 Å². The van der Waals surface area contributed by atoms with Gasteiger partial charge in [0.05, 0.1) is 6.04 Å². The lowest BCUT2D eigenvalue weighted by Gasteiger charge is -2.18. The van der Waals surface area contributed by atoms with E-state index in [2.05, 4.69) is 12.8 Å². The number of hydrogen-bond donors (Lipinski definition) is 1. The first-order chi connectivity index (χ1) is 5.13. The van der Waals surface area contributed by atoms with Gasteiger partial charge in [-0.05, 0) is 12.8 Å². The second-order valence-corrected chi connectivity index (χ2v) is 3.89. The Labute approximate surface area is 73.5 Å². The van der Waals surface area contributed by atoms with Crippen LogP contribution in [0.3, 0.4) is 0 Å². The van der Waals surface area contributed by atoms with Crippen molar-refractivity contribution in [2.75, 3.05) is 6.54 Å². The fourth-order valence-electron chi connectivity index (χ4n) is 1.43. The topological polar surface area (TPSA) is 20.3 Å². The van der Waals surface area contributed by atoms with Gasteiger partial charge in [-0.25, -0.2) is 4.31 Å². The normalized spacial score (nSPS) is 26.4. The first-order valence-electron chi connectivity index (χ1n) is 4.12. The van der Waals surface area contributed by atoms with Gasteiger partial charge in [0.1, 0.15) is 0 Å². The molecule has 0 aromatic heterocycles. The second-order valence-electron chi connectivity index (χ2n) is 3.38. The van der Waals surface area contributed by atoms with Crippen LogP contribution in [0.2, 0.25) is 0 Å². The smallest absolute Gasteiger partial charge is 0.153 e. The number of rotatable bonds is 2. The highest BCUT2D eigenvalue weighted by Crippen LogP contribution is 2.21. The Morgan fingerprint density at radius 1 is 1.64 bits per heavy atom. The van der Waals surface area contributed by atoms with E-state index in [1.54, 1.807) is 0 Å². The van der Waals surface area contributed by atoms with E-state index in [-0.39, 0.29) is 12.0 Å². The molecular formula is C8H15NOS. The summed E-state index contributed by atoms with van der Waals surface area (Å²) in [6, 6.07) is 0.0818. The van der Waals surface area contributed by atoms with Crippen LogP contribution in [0.25, 0.3) is 0 Å². The molecule has 64 valence electrons. The number of ketones is 1. The summed E-state index contributed by atoms with van der Waals surface area (Å²) in [5, 5.41) is 0. The van der Waals surface area contributed by atoms with E-state index in [1.165, 1.54) is 0 Å². The Morgan fingerprint density at radius 3 is 2.64 bits per heavy atom. The Balaban J connectivity index is 2.53. The molecule has 1 heterocycles. The van der Waals surface area contributed by atoms with Crippen molar-refractivity contribution < 1.29 is 4.79 Å². The summed E-state index contributed by atoms with van der Waals surface area (Å²) < 4.78 is 1.86. The van der Waals surface area contributed by atoms with Crippen LogP contribution in [0, 0.1) is 5.92 Å². The van der Waals surface area contributed by atoms with E-state index in [0.717, 1.165) is 19.4 Å². The number of carbonyl (C=O) groups is 1. The molecule has 0 amide bonds. The van der Waals surface area contributed by atoms with Crippen molar-refractivity contribution in [3.05, 3.63) is 0 Å². The van der Waals surface area contributed by atoms with Crippen molar-refractivity contribution in [1.29, 1.82) is 0 Å². The molecule has 0 N–H and O–H groups in total. The number of thiol groups is 1. The molecule has 3 heteroatoms. The molecule has 1 fully saturated rings. The fourth-order valence-corrected chi connectivity index (χ4v) is 1.80. The average molecular weight is 173 g/mol. The van der Waals surface area contributed by atoms with Crippen molar-refractivity contribution in [3.63, 3.8) is 0 Å². The van der Waals surface area contributed by atoms with E-state index in [0.29, 0.717) is 5.78 Å². The van der Waals surface area contributed by atoms with Crippen LogP contribution in [0.4, 0.5) is 0 Å². The third kappa shape index (κ3) is 1.97. The van der Waals surface area contributed by atoms with Gasteiger partial charge in [0.25, 0.3) is 0 Å². The molecule has 1 aliphatic rings. The van der Waals surface area contributed by atoms with E-state index in [9.17, 15) is 4.79 Å². The predicted octanol–water partition coefficient (Wildman–Crippen LogP) is 1.52. The van der Waals surface area contributed by atoms with Crippen LogP contribution < -0.4 is 0 Å². The molecule has 0 aromatic rings. The maximum atomic E-state index is 11.5. The maximum Gasteiger partial charge on any atom is 0.153 e. The molecule has 1 atom stereocenters. The third-order valence-corrected chi connectivity index (χ3v) is 2.60. The minimum absolute atomic E-state index is 0.0818. The molecule has 1 rings (SSSR count). The summed E-state index contributed by atoms with van der Waals surface area (Å²) in [4.78, 5) is 11.5. The molecule has 2 nitrogen and oxygen atoms in total. The lowest BCUT2D eigenvalue weighted by molar-refractivity contribution is -0.124. The minimum Gasteiger partial charge on any atom is -0.298 e. The first-order valence-corrected chi connectivity index (χ1v) is 4.52. The molecule has 1 unspecified atom stereocenters. The average Bonchev–Trinajstić information content (AvgIpc) is 2.33. The zero-order chi connectivity index (χ0) is 8.43. The molecule has 0 aliphatic carbocycles. The quantitative estimate of drug-likeness (QED) is 0.639. The minimum atomic E-state index is 0.0818. The molecule has 11 heavy (non-hydrogen) atoms. The van der Waals surface area contributed by atoms with E-state index < -0.39 is 0 Å². The molecule has 0 saturated carbocycles. The number of Topliss-reactive ketones (excluding diaryl/α,β-unsaturated/α-hetero) is 1. The highest BCUT2D eigenvalue weighted by atomic mass is 32.1. The Bertz CT molecular complexity index is 158. The van der Waals surface area contributed by atoms with Crippen LogP contribution in [0.15, 0.2) is 0 Å². The lowest BCUT2D eigenvalue weighted by atomic mass is 10.0. The molecule has 0 bridgehead atoms. The Kier molecular flexibility index (Phi) is 2.96. The second kappa shape index (κ2) is 3.59. The number of hydrogen-bond acceptors (Lipinski definition) is 3. The van der Waals surface area contributed by atoms with Crippen LogP contribution >= 0.6 is 12.8 Å². The summed E-state index contributed by atoms with van der Waals surface area (Å²) in [5.41, 5.74) is 0. The summed E-state index contributed by atoms with van der Waals surface area (Å²) in [5.74, 6) is 0.477. The van der Waals surface area contributed by atoms with Crippen molar-refractivity contribution in [1.82, 2.24) is 4.31 Å². The van der Waals surface area contributed by atoms with Gasteiger partial charge < -0.3 is 0 Å². The highest BCUT2D eigenvalue weighted by molar-refractivity contribution is 7.77. The summed E-state index contributed by atoms with van der Waals surface area (Å²) in [6.07, 6.45) is 2.09. The number of nitrogens with zero attached hydrogens (tertiary/aromatic N) is 1. The summed E-state index contributed by atoms with van der Waals surface area (Å²) in [6.45, 7) is 4.84. The molecule has 0 spiro atoms. The largest absolute Gasteiger partial charge is 0.298 e. The lowest BCUT2D eigenvalue weighted by Crippen LogP contribution is -2.32. The van der Waals surface area contributed by atoms with Gasteiger partial charge >= 0.3 is 0 Å². The van der Waals surface area contributed by atoms with Crippen molar-refractivity contribution in [2.24, 2.45) is 5.92 Å². The fraction of sp³-hybridized carbons (Fsp3) is 0.875. The van der Waals surface area contributed by atoms with Gasteiger partial charge in [0.15, 0.2) is 5.78 Å². The Hall–Kier alpha value is -0.0200. The van der Waals surface area contributed by atoms with E-state index in [1.807, 2.05) is 18.2 Å². The van der Waals surface area contributed by atoms with Gasteiger partial charge in [-0.15, -0.1) is 0 Å². The molecular weight excluding hydrogens is 158 g/mol. The standard InChI is InChI=1S/C8H15NOS/c1-6(2)8(10)7-4-3-5-9(7)11/h6-7,11H,3-5H2,1-2H3. The van der Waals surface area contributed by atoms with Crippen molar-refractivity contribution in [3.8, 4) is 0 Å². The maximum absolute atomic E-state index is 11.5. The van der Waals surface area contributed by atoms with Gasteiger partial charge in [-0.2, -0.15) is 0 Å². The van der Waals surface area contributed by atoms with Crippen molar-refractivity contribution >= 4 is 18.6 Å². The third-order valence-electron chi connectivity index (χ3n) is 2.12. The molecule has 0 radical (unpaired) electrons. The molecule has 1 aliphatic heterocycles. The monoisotopic (exact) mass is 173 g/mol.